The molecule has 1 aliphatic heterocycles. The maximum atomic E-state index is 11.6. The molecule has 0 spiro atoms. The van der Waals surface area contributed by atoms with Gasteiger partial charge < -0.3 is 15.3 Å². The smallest absolute Gasteiger partial charge is 0.306 e. The van der Waals surface area contributed by atoms with Gasteiger partial charge in [0.2, 0.25) is 5.91 Å². The molecule has 2 atom stereocenters. The predicted octanol–water partition coefficient (Wildman–Crippen LogP) is 0.309. The average Bonchev–Trinajstić information content (AvgIpc) is 2.63. The van der Waals surface area contributed by atoms with Gasteiger partial charge in [0.1, 0.15) is 0 Å². The number of carboxylic acids is 1. The fourth-order valence-electron chi connectivity index (χ4n) is 2.65. The maximum absolute atomic E-state index is 11.6. The predicted molar refractivity (Wildman–Crippen MR) is 62.5 cm³/mol. The van der Waals surface area contributed by atoms with Crippen LogP contribution in [-0.4, -0.2) is 48.1 Å². The van der Waals surface area contributed by atoms with E-state index in [2.05, 4.69) is 5.32 Å². The molecule has 2 unspecified atom stereocenters. The molecule has 0 bridgehead atoms. The number of nitrogens with zero attached hydrogens (tertiary/aromatic N) is 1. The molecule has 0 radical (unpaired) electrons. The van der Waals surface area contributed by atoms with E-state index in [9.17, 15) is 9.59 Å². The molecule has 2 rings (SSSR count). The Morgan fingerprint density at radius 2 is 2.00 bits per heavy atom. The molecule has 96 valence electrons. The Kier molecular flexibility index (Phi) is 3.99. The second-order valence-corrected chi connectivity index (χ2v) is 5.00. The lowest BCUT2D eigenvalue weighted by atomic mass is 9.96. The van der Waals surface area contributed by atoms with E-state index >= 15 is 0 Å². The maximum Gasteiger partial charge on any atom is 0.306 e. The Morgan fingerprint density at radius 1 is 1.24 bits per heavy atom. The van der Waals surface area contributed by atoms with Gasteiger partial charge in [-0.3, -0.25) is 9.59 Å². The summed E-state index contributed by atoms with van der Waals surface area (Å²) in [4.78, 5) is 24.4. The van der Waals surface area contributed by atoms with Crippen LogP contribution < -0.4 is 5.32 Å². The quantitative estimate of drug-likeness (QED) is 0.725. The van der Waals surface area contributed by atoms with Gasteiger partial charge in [-0.2, -0.15) is 0 Å². The van der Waals surface area contributed by atoms with E-state index in [1.54, 1.807) is 0 Å². The molecule has 17 heavy (non-hydrogen) atoms. The van der Waals surface area contributed by atoms with Crippen molar-refractivity contribution >= 4 is 11.9 Å². The van der Waals surface area contributed by atoms with Gasteiger partial charge in [-0.25, -0.2) is 0 Å². The van der Waals surface area contributed by atoms with Gasteiger partial charge in [0.15, 0.2) is 0 Å². The van der Waals surface area contributed by atoms with Crippen LogP contribution in [-0.2, 0) is 9.59 Å². The van der Waals surface area contributed by atoms with Crippen molar-refractivity contribution in [2.45, 2.75) is 25.7 Å². The van der Waals surface area contributed by atoms with E-state index in [1.807, 2.05) is 4.90 Å². The largest absolute Gasteiger partial charge is 0.481 e. The summed E-state index contributed by atoms with van der Waals surface area (Å²) in [6, 6.07) is 0. The first kappa shape index (κ1) is 12.4. The van der Waals surface area contributed by atoms with Crippen molar-refractivity contribution in [2.75, 3.05) is 26.2 Å². The van der Waals surface area contributed by atoms with Gasteiger partial charge in [-0.15, -0.1) is 0 Å². The Hall–Kier alpha value is -1.10. The van der Waals surface area contributed by atoms with Gasteiger partial charge in [0.25, 0.3) is 0 Å². The van der Waals surface area contributed by atoms with Crippen molar-refractivity contribution in [1.29, 1.82) is 0 Å². The Bertz CT molecular complexity index is 302. The first-order chi connectivity index (χ1) is 8.18. The molecule has 2 fully saturated rings. The standard InChI is InChI=1S/C12H20N2O3/c15-11(14-5-2-6-14)8-13-7-9-3-1-4-10(9)12(16)17/h9-10,13H,1-8H2,(H,16,17). The zero-order valence-electron chi connectivity index (χ0n) is 10.0. The molecule has 2 N–H and O–H groups in total. The molecule has 2 aliphatic rings. The highest BCUT2D eigenvalue weighted by molar-refractivity contribution is 5.78. The number of carboxylic acid groups (broad SMARTS) is 1. The minimum Gasteiger partial charge on any atom is -0.481 e. The molecular formula is C12H20N2O3. The van der Waals surface area contributed by atoms with E-state index in [1.165, 1.54) is 0 Å². The fourth-order valence-corrected chi connectivity index (χ4v) is 2.65. The minimum absolute atomic E-state index is 0.140. The molecule has 1 aliphatic carbocycles. The van der Waals surface area contributed by atoms with Gasteiger partial charge in [0, 0.05) is 13.1 Å². The Morgan fingerprint density at radius 3 is 2.59 bits per heavy atom. The Labute approximate surface area is 101 Å². The zero-order chi connectivity index (χ0) is 12.3. The van der Waals surface area contributed by atoms with Crippen molar-refractivity contribution in [2.24, 2.45) is 11.8 Å². The van der Waals surface area contributed by atoms with E-state index < -0.39 is 5.97 Å². The summed E-state index contributed by atoms with van der Waals surface area (Å²) in [6.45, 7) is 2.75. The van der Waals surface area contributed by atoms with Gasteiger partial charge in [0.05, 0.1) is 12.5 Å². The highest BCUT2D eigenvalue weighted by atomic mass is 16.4. The number of rotatable bonds is 5. The van der Waals surface area contributed by atoms with Crippen LogP contribution in [0.15, 0.2) is 0 Å². The van der Waals surface area contributed by atoms with E-state index in [0.29, 0.717) is 13.1 Å². The van der Waals surface area contributed by atoms with Crippen molar-refractivity contribution < 1.29 is 14.7 Å². The van der Waals surface area contributed by atoms with Gasteiger partial charge >= 0.3 is 5.97 Å². The van der Waals surface area contributed by atoms with Crippen molar-refractivity contribution in [3.05, 3.63) is 0 Å². The number of carbonyl (C=O) groups is 2. The summed E-state index contributed by atoms with van der Waals surface area (Å²) >= 11 is 0. The van der Waals surface area contributed by atoms with Crippen LogP contribution >= 0.6 is 0 Å². The summed E-state index contributed by atoms with van der Waals surface area (Å²) in [6.07, 6.45) is 3.84. The first-order valence-corrected chi connectivity index (χ1v) is 6.40. The first-order valence-electron chi connectivity index (χ1n) is 6.40. The van der Waals surface area contributed by atoms with Crippen LogP contribution in [0.5, 0.6) is 0 Å². The van der Waals surface area contributed by atoms with Crippen LogP contribution in [0.4, 0.5) is 0 Å². The third-order valence-corrected chi connectivity index (χ3v) is 3.87. The third kappa shape index (κ3) is 2.97. The Balaban J connectivity index is 1.67. The molecule has 5 nitrogen and oxygen atoms in total. The molecule has 1 saturated heterocycles. The van der Waals surface area contributed by atoms with Crippen molar-refractivity contribution in [3.63, 3.8) is 0 Å². The summed E-state index contributed by atoms with van der Waals surface area (Å²) in [5, 5.41) is 12.1. The number of likely N-dealkylation sites (tertiary alicyclic amines) is 1. The number of nitrogens with one attached hydrogen (secondary N) is 1. The lowest BCUT2D eigenvalue weighted by Crippen LogP contribution is -2.46. The number of hydrogen-bond donors (Lipinski definition) is 2. The summed E-state index contributed by atoms with van der Waals surface area (Å²) < 4.78 is 0. The average molecular weight is 240 g/mol. The zero-order valence-corrected chi connectivity index (χ0v) is 10.0. The van der Waals surface area contributed by atoms with Gasteiger partial charge in [-0.1, -0.05) is 6.42 Å². The van der Waals surface area contributed by atoms with Crippen LogP contribution in [0, 0.1) is 11.8 Å². The second-order valence-electron chi connectivity index (χ2n) is 5.00. The lowest BCUT2D eigenvalue weighted by molar-refractivity contribution is -0.142. The monoisotopic (exact) mass is 240 g/mol. The van der Waals surface area contributed by atoms with Crippen LogP contribution in [0.3, 0.4) is 0 Å². The van der Waals surface area contributed by atoms with Crippen LogP contribution in [0.1, 0.15) is 25.7 Å². The van der Waals surface area contributed by atoms with E-state index in [4.69, 9.17) is 5.11 Å². The molecule has 5 heteroatoms. The number of aliphatic carboxylic acids is 1. The fraction of sp³-hybridized carbons (Fsp3) is 0.833. The molecule has 1 saturated carbocycles. The van der Waals surface area contributed by atoms with Crippen molar-refractivity contribution in [1.82, 2.24) is 10.2 Å². The highest BCUT2D eigenvalue weighted by Crippen LogP contribution is 2.31. The minimum atomic E-state index is -0.691. The lowest BCUT2D eigenvalue weighted by Gasteiger charge is -2.31. The van der Waals surface area contributed by atoms with E-state index in [0.717, 1.165) is 38.8 Å². The van der Waals surface area contributed by atoms with Crippen LogP contribution in [0.25, 0.3) is 0 Å². The molecule has 1 heterocycles. The molecule has 1 amide bonds. The molecular weight excluding hydrogens is 220 g/mol. The summed E-state index contributed by atoms with van der Waals surface area (Å²) in [7, 11) is 0. The summed E-state index contributed by atoms with van der Waals surface area (Å²) in [5.74, 6) is -0.581. The number of amides is 1. The highest BCUT2D eigenvalue weighted by Gasteiger charge is 2.32. The van der Waals surface area contributed by atoms with Gasteiger partial charge in [-0.05, 0) is 31.7 Å². The van der Waals surface area contributed by atoms with Crippen molar-refractivity contribution in [3.8, 4) is 0 Å². The number of hydrogen-bond acceptors (Lipinski definition) is 3. The normalized spacial score (nSPS) is 27.9. The summed E-state index contributed by atoms with van der Waals surface area (Å²) in [5.41, 5.74) is 0. The topological polar surface area (TPSA) is 69.6 Å². The molecule has 0 aromatic heterocycles. The second kappa shape index (κ2) is 5.49. The third-order valence-electron chi connectivity index (χ3n) is 3.87. The van der Waals surface area contributed by atoms with E-state index in [-0.39, 0.29) is 17.7 Å². The SMILES string of the molecule is O=C(O)C1CCCC1CNCC(=O)N1CCC1. The molecule has 0 aromatic carbocycles. The molecule has 0 aromatic rings. The number of carbonyl (C=O) groups excluding carboxylic acids is 1. The van der Waals surface area contributed by atoms with Crippen LogP contribution in [0.2, 0.25) is 0 Å².